The minimum atomic E-state index is -0.133. The number of hydrogen-bond acceptors (Lipinski definition) is 6. The van der Waals surface area contributed by atoms with E-state index in [9.17, 15) is 4.79 Å². The van der Waals surface area contributed by atoms with Gasteiger partial charge in [-0.05, 0) is 42.7 Å². The number of thioether (sulfide) groups is 1. The van der Waals surface area contributed by atoms with E-state index in [-0.39, 0.29) is 17.6 Å². The van der Waals surface area contributed by atoms with Gasteiger partial charge in [0, 0.05) is 12.1 Å². The van der Waals surface area contributed by atoms with E-state index in [1.54, 1.807) is 0 Å². The average molecular weight is 398 g/mol. The van der Waals surface area contributed by atoms with E-state index in [0.717, 1.165) is 11.4 Å². The minimum Gasteiger partial charge on any atom is -0.494 e. The van der Waals surface area contributed by atoms with Gasteiger partial charge in [0.15, 0.2) is 0 Å². The fraction of sp³-hybridized carbons (Fsp3) is 0.286. The summed E-state index contributed by atoms with van der Waals surface area (Å²) in [7, 11) is 0. The zero-order valence-corrected chi connectivity index (χ0v) is 16.7. The Hall–Kier alpha value is -2.80. The molecule has 0 saturated heterocycles. The van der Waals surface area contributed by atoms with E-state index in [1.165, 1.54) is 17.3 Å². The predicted molar refractivity (Wildman–Crippen MR) is 110 cm³/mol. The summed E-state index contributed by atoms with van der Waals surface area (Å²) >= 11 is 1.23. The van der Waals surface area contributed by atoms with Crippen molar-refractivity contribution in [2.24, 2.45) is 0 Å². The van der Waals surface area contributed by atoms with Crippen LogP contribution in [0.3, 0.4) is 0 Å². The highest BCUT2D eigenvalue weighted by Crippen LogP contribution is 2.22. The lowest BCUT2D eigenvalue weighted by Crippen LogP contribution is -2.13. The van der Waals surface area contributed by atoms with Crippen molar-refractivity contribution in [1.29, 1.82) is 0 Å². The molecule has 0 saturated carbocycles. The molecule has 0 aliphatic carbocycles. The Balaban J connectivity index is 1.46. The first-order chi connectivity index (χ1) is 13.6. The predicted octanol–water partition coefficient (Wildman–Crippen LogP) is 4.55. The normalized spacial score (nSPS) is 11.8. The van der Waals surface area contributed by atoms with Gasteiger partial charge in [-0.3, -0.25) is 4.79 Å². The second-order valence-electron chi connectivity index (χ2n) is 6.27. The second-order valence-corrected chi connectivity index (χ2v) is 7.20. The number of carbonyl (C=O) groups is 1. The highest BCUT2D eigenvalue weighted by molar-refractivity contribution is 7.99. The van der Waals surface area contributed by atoms with Crippen LogP contribution >= 0.6 is 11.8 Å². The van der Waals surface area contributed by atoms with Gasteiger partial charge in [-0.25, -0.2) is 0 Å². The molecule has 1 atom stereocenters. The van der Waals surface area contributed by atoms with Gasteiger partial charge in [0.25, 0.3) is 5.22 Å². The molecule has 28 heavy (non-hydrogen) atoms. The molecule has 1 amide bonds. The summed E-state index contributed by atoms with van der Waals surface area (Å²) in [4.78, 5) is 12.1. The van der Waals surface area contributed by atoms with E-state index in [1.807, 2.05) is 49.4 Å². The monoisotopic (exact) mass is 397 g/mol. The van der Waals surface area contributed by atoms with Crippen LogP contribution in [0, 0.1) is 0 Å². The van der Waals surface area contributed by atoms with Crippen LogP contribution in [0.25, 0.3) is 0 Å². The van der Waals surface area contributed by atoms with Crippen LogP contribution < -0.4 is 10.1 Å². The van der Waals surface area contributed by atoms with Crippen molar-refractivity contribution in [2.45, 2.75) is 31.4 Å². The fourth-order valence-electron chi connectivity index (χ4n) is 2.67. The number of aromatic nitrogens is 2. The molecular weight excluding hydrogens is 374 g/mol. The van der Waals surface area contributed by atoms with Gasteiger partial charge in [-0.2, -0.15) is 0 Å². The Labute approximate surface area is 168 Å². The summed E-state index contributed by atoms with van der Waals surface area (Å²) < 4.78 is 11.0. The molecule has 3 rings (SSSR count). The third-order valence-corrected chi connectivity index (χ3v) is 4.89. The number of rotatable bonds is 9. The molecule has 0 spiro atoms. The van der Waals surface area contributed by atoms with Crippen LogP contribution in [0.15, 0.2) is 64.2 Å². The second kappa shape index (κ2) is 9.94. The molecule has 0 fully saturated rings. The topological polar surface area (TPSA) is 77.2 Å². The minimum absolute atomic E-state index is 0.133. The molecule has 1 N–H and O–H groups in total. The van der Waals surface area contributed by atoms with Gasteiger partial charge in [0.05, 0.1) is 12.4 Å². The number of anilines is 1. The maximum atomic E-state index is 12.1. The van der Waals surface area contributed by atoms with Gasteiger partial charge in [-0.15, -0.1) is 10.2 Å². The molecule has 1 aromatic heterocycles. The number of benzene rings is 2. The highest BCUT2D eigenvalue weighted by Gasteiger charge is 2.14. The number of nitrogens with zero attached hydrogens (tertiary/aromatic N) is 2. The lowest BCUT2D eigenvalue weighted by Gasteiger charge is -2.08. The first-order valence-corrected chi connectivity index (χ1v) is 10.2. The molecule has 1 unspecified atom stereocenters. The molecule has 0 aliphatic rings. The first-order valence-electron chi connectivity index (χ1n) is 9.17. The molecule has 2 aromatic carbocycles. The highest BCUT2D eigenvalue weighted by atomic mass is 32.2. The largest absolute Gasteiger partial charge is 0.494 e. The number of hydrogen-bond donors (Lipinski definition) is 1. The van der Waals surface area contributed by atoms with Crippen molar-refractivity contribution in [3.63, 3.8) is 0 Å². The summed E-state index contributed by atoms with van der Waals surface area (Å²) in [6.07, 6.45) is 0.663. The van der Waals surface area contributed by atoms with E-state index in [0.29, 0.717) is 24.1 Å². The summed E-state index contributed by atoms with van der Waals surface area (Å²) in [6, 6.07) is 17.5. The van der Waals surface area contributed by atoms with Crippen molar-refractivity contribution < 1.29 is 13.9 Å². The van der Waals surface area contributed by atoms with Crippen molar-refractivity contribution in [2.75, 3.05) is 17.7 Å². The quantitative estimate of drug-likeness (QED) is 0.534. The van der Waals surface area contributed by atoms with Crippen LogP contribution in [0.2, 0.25) is 0 Å². The molecule has 3 aromatic rings. The fourth-order valence-corrected chi connectivity index (χ4v) is 3.25. The van der Waals surface area contributed by atoms with E-state index >= 15 is 0 Å². The van der Waals surface area contributed by atoms with Gasteiger partial charge in [0.2, 0.25) is 11.8 Å². The van der Waals surface area contributed by atoms with Crippen molar-refractivity contribution in [3.05, 3.63) is 66.1 Å². The third-order valence-electron chi connectivity index (χ3n) is 4.07. The van der Waals surface area contributed by atoms with Gasteiger partial charge in [0.1, 0.15) is 5.75 Å². The summed E-state index contributed by atoms with van der Waals surface area (Å²) in [5, 5.41) is 11.3. The summed E-state index contributed by atoms with van der Waals surface area (Å²) in [5.41, 5.74) is 1.95. The van der Waals surface area contributed by atoms with Gasteiger partial charge in [-0.1, -0.05) is 49.0 Å². The number of amides is 1. The van der Waals surface area contributed by atoms with Gasteiger partial charge < -0.3 is 14.5 Å². The van der Waals surface area contributed by atoms with E-state index in [2.05, 4.69) is 34.6 Å². The zero-order valence-electron chi connectivity index (χ0n) is 15.9. The maximum absolute atomic E-state index is 12.1. The summed E-state index contributed by atoms with van der Waals surface area (Å²) in [6.45, 7) is 4.66. The Bertz CT molecular complexity index is 881. The number of carbonyl (C=O) groups excluding carboxylic acids is 1. The van der Waals surface area contributed by atoms with Crippen molar-refractivity contribution in [3.8, 4) is 5.75 Å². The maximum Gasteiger partial charge on any atom is 0.277 e. The van der Waals surface area contributed by atoms with E-state index in [4.69, 9.17) is 9.15 Å². The lowest BCUT2D eigenvalue weighted by atomic mass is 9.98. The molecule has 146 valence electrons. The van der Waals surface area contributed by atoms with Crippen molar-refractivity contribution >= 4 is 23.4 Å². The van der Waals surface area contributed by atoms with Gasteiger partial charge >= 0.3 is 0 Å². The first kappa shape index (κ1) is 19.9. The van der Waals surface area contributed by atoms with Crippen LogP contribution in [-0.4, -0.2) is 28.5 Å². The Kier molecular flexibility index (Phi) is 7.08. The van der Waals surface area contributed by atoms with Crippen LogP contribution in [0.1, 0.15) is 31.2 Å². The number of nitrogens with one attached hydrogen (secondary N) is 1. The standard InChI is InChI=1S/C21H23N3O3S/c1-3-26-18-11-9-17(10-12-18)22-19(25)14-28-21-24-23-20(27-21)13-15(2)16-7-5-4-6-8-16/h4-12,15H,3,13-14H2,1-2H3,(H,22,25). The Morgan fingerprint density at radius 2 is 1.89 bits per heavy atom. The van der Waals surface area contributed by atoms with Crippen molar-refractivity contribution in [1.82, 2.24) is 10.2 Å². The van der Waals surface area contributed by atoms with E-state index < -0.39 is 0 Å². The molecule has 1 heterocycles. The van der Waals surface area contributed by atoms with Crippen LogP contribution in [0.5, 0.6) is 5.75 Å². The van der Waals surface area contributed by atoms with Crippen LogP contribution in [-0.2, 0) is 11.2 Å². The molecular formula is C21H23N3O3S. The molecule has 7 heteroatoms. The number of ether oxygens (including phenoxy) is 1. The van der Waals surface area contributed by atoms with Crippen LogP contribution in [0.4, 0.5) is 5.69 Å². The SMILES string of the molecule is CCOc1ccc(NC(=O)CSc2nnc(CC(C)c3ccccc3)o2)cc1. The Morgan fingerprint density at radius 3 is 2.61 bits per heavy atom. The Morgan fingerprint density at radius 1 is 1.14 bits per heavy atom. The third kappa shape index (κ3) is 5.85. The smallest absolute Gasteiger partial charge is 0.277 e. The lowest BCUT2D eigenvalue weighted by molar-refractivity contribution is -0.113. The zero-order chi connectivity index (χ0) is 19.8. The molecule has 0 bridgehead atoms. The summed E-state index contributed by atoms with van der Waals surface area (Å²) in [5.74, 6) is 1.70. The molecule has 0 radical (unpaired) electrons. The molecule has 0 aliphatic heterocycles. The molecule has 6 nitrogen and oxygen atoms in total. The average Bonchev–Trinajstić information content (AvgIpc) is 3.16.